The lowest BCUT2D eigenvalue weighted by atomic mass is 9.91. The molecule has 0 amide bonds. The largest absolute Gasteiger partial charge is 0.467 e. The van der Waals surface area contributed by atoms with Gasteiger partial charge < -0.3 is 14.7 Å². The topological polar surface area (TPSA) is 88.4 Å². The maximum atomic E-state index is 11.5. The van der Waals surface area contributed by atoms with Crippen LogP contribution in [0.15, 0.2) is 30.5 Å². The molecule has 2 aromatic rings. The highest BCUT2D eigenvalue weighted by Crippen LogP contribution is 2.26. The van der Waals surface area contributed by atoms with E-state index in [2.05, 4.69) is 26.5 Å². The van der Waals surface area contributed by atoms with Crippen molar-refractivity contribution in [2.45, 2.75) is 32.3 Å². The van der Waals surface area contributed by atoms with Gasteiger partial charge in [0.15, 0.2) is 11.9 Å². The number of hydrogen-bond acceptors (Lipinski definition) is 7. The van der Waals surface area contributed by atoms with E-state index in [0.29, 0.717) is 18.7 Å². The first-order valence-corrected chi connectivity index (χ1v) is 8.92. The molecule has 26 heavy (non-hydrogen) atoms. The van der Waals surface area contributed by atoms with E-state index in [1.165, 1.54) is 7.11 Å². The zero-order valence-electron chi connectivity index (χ0n) is 15.1. The van der Waals surface area contributed by atoms with Gasteiger partial charge in [-0.25, -0.2) is 14.8 Å². The zero-order chi connectivity index (χ0) is 18.5. The zero-order valence-corrected chi connectivity index (χ0v) is 15.1. The molecule has 138 valence electrons. The molecule has 1 fully saturated rings. The van der Waals surface area contributed by atoms with Gasteiger partial charge >= 0.3 is 5.97 Å². The Morgan fingerprint density at radius 2 is 2.12 bits per heavy atom. The molecule has 1 atom stereocenters. The summed E-state index contributed by atoms with van der Waals surface area (Å²) in [6.07, 6.45) is 2.91. The molecular weight excluding hydrogens is 332 g/mol. The molecule has 1 saturated heterocycles. The van der Waals surface area contributed by atoms with Gasteiger partial charge in [0.1, 0.15) is 11.5 Å². The lowest BCUT2D eigenvalue weighted by Crippen LogP contribution is -2.41. The minimum atomic E-state index is -1.05. The van der Waals surface area contributed by atoms with Crippen LogP contribution in [0.5, 0.6) is 0 Å². The fourth-order valence-electron chi connectivity index (χ4n) is 3.19. The highest BCUT2D eigenvalue weighted by Gasteiger charge is 2.31. The predicted molar refractivity (Wildman–Crippen MR) is 97.6 cm³/mol. The van der Waals surface area contributed by atoms with Crippen molar-refractivity contribution in [1.29, 1.82) is 0 Å². The average molecular weight is 356 g/mol. The Balaban J connectivity index is 1.77. The lowest BCUT2D eigenvalue weighted by Gasteiger charge is -2.34. The highest BCUT2D eigenvalue weighted by atomic mass is 16.5. The highest BCUT2D eigenvalue weighted by molar-refractivity contribution is 5.74. The van der Waals surface area contributed by atoms with Gasteiger partial charge in [0.2, 0.25) is 0 Å². The number of carbonyl (C=O) groups excluding carboxylic acids is 1. The summed E-state index contributed by atoms with van der Waals surface area (Å²) >= 11 is 0. The SMILES string of the molecule is CCc1cc(N2CCC(C(O)C(=O)OC)CC2)nc(-c2ccccn2)n1. The molecule has 1 N–H and O–H groups in total. The van der Waals surface area contributed by atoms with Crippen molar-refractivity contribution in [3.63, 3.8) is 0 Å². The van der Waals surface area contributed by atoms with Crippen LogP contribution in [0.3, 0.4) is 0 Å². The Morgan fingerprint density at radius 3 is 2.73 bits per heavy atom. The first kappa shape index (κ1) is 18.3. The first-order chi connectivity index (χ1) is 12.6. The van der Waals surface area contributed by atoms with E-state index in [1.54, 1.807) is 6.20 Å². The molecule has 0 radical (unpaired) electrons. The van der Waals surface area contributed by atoms with Crippen LogP contribution in [-0.2, 0) is 16.0 Å². The summed E-state index contributed by atoms with van der Waals surface area (Å²) in [5, 5.41) is 10.0. The number of nitrogens with zero attached hydrogens (tertiary/aromatic N) is 4. The number of rotatable bonds is 5. The van der Waals surface area contributed by atoms with Crippen LogP contribution >= 0.6 is 0 Å². The second kappa shape index (κ2) is 8.23. The monoisotopic (exact) mass is 356 g/mol. The predicted octanol–water partition coefficient (Wildman–Crippen LogP) is 1.85. The van der Waals surface area contributed by atoms with Crippen molar-refractivity contribution in [2.75, 3.05) is 25.1 Å². The van der Waals surface area contributed by atoms with Crippen LogP contribution in [-0.4, -0.2) is 52.3 Å². The molecule has 0 bridgehead atoms. The minimum Gasteiger partial charge on any atom is -0.467 e. The number of carbonyl (C=O) groups is 1. The van der Waals surface area contributed by atoms with Crippen LogP contribution in [0.4, 0.5) is 5.82 Å². The molecule has 2 aromatic heterocycles. The van der Waals surface area contributed by atoms with Crippen molar-refractivity contribution in [3.05, 3.63) is 36.2 Å². The van der Waals surface area contributed by atoms with Crippen LogP contribution in [0.25, 0.3) is 11.5 Å². The Labute approximate surface area is 153 Å². The number of aryl methyl sites for hydroxylation is 1. The molecule has 1 unspecified atom stereocenters. The van der Waals surface area contributed by atoms with E-state index in [0.717, 1.165) is 36.7 Å². The molecule has 3 heterocycles. The van der Waals surface area contributed by atoms with Crippen LogP contribution in [0, 0.1) is 5.92 Å². The van der Waals surface area contributed by atoms with Gasteiger partial charge in [-0.15, -0.1) is 0 Å². The number of piperidine rings is 1. The van der Waals surface area contributed by atoms with Crippen molar-refractivity contribution < 1.29 is 14.6 Å². The molecule has 1 aliphatic rings. The summed E-state index contributed by atoms with van der Waals surface area (Å²) in [4.78, 5) is 27.3. The first-order valence-electron chi connectivity index (χ1n) is 8.92. The summed E-state index contributed by atoms with van der Waals surface area (Å²) in [7, 11) is 1.30. The molecule has 0 aromatic carbocycles. The molecule has 0 spiro atoms. The van der Waals surface area contributed by atoms with Gasteiger partial charge in [-0.3, -0.25) is 4.98 Å². The summed E-state index contributed by atoms with van der Waals surface area (Å²) in [5.41, 5.74) is 1.72. The van der Waals surface area contributed by atoms with Crippen molar-refractivity contribution in [3.8, 4) is 11.5 Å². The van der Waals surface area contributed by atoms with Crippen molar-refractivity contribution in [2.24, 2.45) is 5.92 Å². The van der Waals surface area contributed by atoms with Crippen LogP contribution in [0.2, 0.25) is 0 Å². The van der Waals surface area contributed by atoms with Gasteiger partial charge in [-0.1, -0.05) is 13.0 Å². The number of hydrogen-bond donors (Lipinski definition) is 1. The summed E-state index contributed by atoms with van der Waals surface area (Å²) in [5.74, 6) is 0.845. The standard InChI is InChI=1S/C19H24N4O3/c1-3-14-12-16(22-18(21-14)15-6-4-5-9-20-15)23-10-7-13(8-11-23)17(24)19(25)26-2/h4-6,9,12-13,17,24H,3,7-8,10-11H2,1-2H3. The quantitative estimate of drug-likeness (QED) is 0.818. The van der Waals surface area contributed by atoms with E-state index in [9.17, 15) is 9.90 Å². The Bertz CT molecular complexity index is 746. The normalized spacial score (nSPS) is 16.3. The molecule has 0 saturated carbocycles. The molecule has 3 rings (SSSR count). The molecule has 1 aliphatic heterocycles. The third-order valence-corrected chi connectivity index (χ3v) is 4.77. The van der Waals surface area contributed by atoms with E-state index in [1.807, 2.05) is 24.3 Å². The van der Waals surface area contributed by atoms with Gasteiger partial charge in [0, 0.05) is 31.0 Å². The molecule has 0 aliphatic carbocycles. The second-order valence-corrected chi connectivity index (χ2v) is 6.40. The maximum Gasteiger partial charge on any atom is 0.334 e. The van der Waals surface area contributed by atoms with Gasteiger partial charge in [0.25, 0.3) is 0 Å². The number of methoxy groups -OCH3 is 1. The number of aliphatic hydroxyl groups is 1. The second-order valence-electron chi connectivity index (χ2n) is 6.40. The molecule has 7 nitrogen and oxygen atoms in total. The fraction of sp³-hybridized carbons (Fsp3) is 0.474. The minimum absolute atomic E-state index is 0.0820. The number of ether oxygens (including phenoxy) is 1. The van der Waals surface area contributed by atoms with Gasteiger partial charge in [-0.05, 0) is 37.3 Å². The van der Waals surface area contributed by atoms with Crippen LogP contribution in [0.1, 0.15) is 25.5 Å². The molecular formula is C19H24N4O3. The summed E-state index contributed by atoms with van der Waals surface area (Å²) in [6.45, 7) is 3.51. The Morgan fingerprint density at radius 1 is 1.35 bits per heavy atom. The van der Waals surface area contributed by atoms with Crippen LogP contribution < -0.4 is 4.90 Å². The summed E-state index contributed by atoms with van der Waals surface area (Å²) < 4.78 is 4.64. The fourth-order valence-corrected chi connectivity index (χ4v) is 3.19. The maximum absolute atomic E-state index is 11.5. The summed E-state index contributed by atoms with van der Waals surface area (Å²) in [6, 6.07) is 7.69. The smallest absolute Gasteiger partial charge is 0.334 e. The van der Waals surface area contributed by atoms with E-state index in [-0.39, 0.29) is 5.92 Å². The number of esters is 1. The Kier molecular flexibility index (Phi) is 5.78. The van der Waals surface area contributed by atoms with Gasteiger partial charge in [-0.2, -0.15) is 0 Å². The third-order valence-electron chi connectivity index (χ3n) is 4.77. The third kappa shape index (κ3) is 3.99. The number of aliphatic hydroxyl groups excluding tert-OH is 1. The average Bonchev–Trinajstić information content (AvgIpc) is 2.73. The lowest BCUT2D eigenvalue weighted by molar-refractivity contribution is -0.153. The van der Waals surface area contributed by atoms with Gasteiger partial charge in [0.05, 0.1) is 7.11 Å². The Hall–Kier alpha value is -2.54. The number of aromatic nitrogens is 3. The van der Waals surface area contributed by atoms with E-state index in [4.69, 9.17) is 4.98 Å². The van der Waals surface area contributed by atoms with E-state index >= 15 is 0 Å². The molecule has 7 heteroatoms. The number of pyridine rings is 1. The van der Waals surface area contributed by atoms with Crippen molar-refractivity contribution in [1.82, 2.24) is 15.0 Å². The van der Waals surface area contributed by atoms with Crippen molar-refractivity contribution >= 4 is 11.8 Å². The van der Waals surface area contributed by atoms with E-state index < -0.39 is 12.1 Å². The number of anilines is 1.